The first-order valence-corrected chi connectivity index (χ1v) is 3.97. The molecule has 0 aliphatic heterocycles. The number of anilines is 2. The van der Waals surface area contributed by atoms with Gasteiger partial charge in [-0.1, -0.05) is 6.07 Å². The van der Waals surface area contributed by atoms with Gasteiger partial charge in [-0.15, -0.1) is 0 Å². The highest BCUT2D eigenvalue weighted by Gasteiger charge is 2.09. The lowest BCUT2D eigenvalue weighted by molar-refractivity contribution is -0.134. The maximum atomic E-state index is 10.9. The SMILES string of the molecule is Cc1ccc(NC(=O)C(N)=O)c(N)c1. The van der Waals surface area contributed by atoms with E-state index in [2.05, 4.69) is 5.32 Å². The third-order valence-corrected chi connectivity index (χ3v) is 1.68. The highest BCUT2D eigenvalue weighted by molar-refractivity contribution is 6.39. The lowest BCUT2D eigenvalue weighted by atomic mass is 10.2. The van der Waals surface area contributed by atoms with Gasteiger partial charge in [-0.05, 0) is 24.6 Å². The fourth-order valence-corrected chi connectivity index (χ4v) is 0.980. The topological polar surface area (TPSA) is 98.2 Å². The van der Waals surface area contributed by atoms with E-state index in [-0.39, 0.29) is 0 Å². The number of aryl methyl sites for hydroxylation is 1. The van der Waals surface area contributed by atoms with Crippen LogP contribution in [0.3, 0.4) is 0 Å². The van der Waals surface area contributed by atoms with E-state index in [1.807, 2.05) is 6.92 Å². The maximum absolute atomic E-state index is 10.9. The Morgan fingerprint density at radius 3 is 2.50 bits per heavy atom. The standard InChI is InChI=1S/C9H11N3O2/c1-5-2-3-7(6(10)4-5)12-9(14)8(11)13/h2-4H,10H2,1H3,(H2,11,13)(H,12,14). The minimum Gasteiger partial charge on any atom is -0.397 e. The second-order valence-corrected chi connectivity index (χ2v) is 2.91. The summed E-state index contributed by atoms with van der Waals surface area (Å²) in [7, 11) is 0. The first-order valence-electron chi connectivity index (χ1n) is 3.97. The van der Waals surface area contributed by atoms with Gasteiger partial charge in [-0.2, -0.15) is 0 Å². The van der Waals surface area contributed by atoms with Crippen LogP contribution in [0.1, 0.15) is 5.56 Å². The molecular formula is C9H11N3O2. The van der Waals surface area contributed by atoms with Gasteiger partial charge in [-0.3, -0.25) is 9.59 Å². The van der Waals surface area contributed by atoms with Crippen molar-refractivity contribution in [3.8, 4) is 0 Å². The number of nitrogens with one attached hydrogen (secondary N) is 1. The van der Waals surface area contributed by atoms with Crippen LogP contribution in [0.25, 0.3) is 0 Å². The molecule has 1 rings (SSSR count). The summed E-state index contributed by atoms with van der Waals surface area (Å²) in [6, 6.07) is 5.08. The van der Waals surface area contributed by atoms with E-state index >= 15 is 0 Å². The molecule has 0 atom stereocenters. The predicted molar refractivity (Wildman–Crippen MR) is 53.4 cm³/mol. The molecule has 0 saturated carbocycles. The van der Waals surface area contributed by atoms with Gasteiger partial charge in [0.15, 0.2) is 0 Å². The number of primary amides is 1. The van der Waals surface area contributed by atoms with Crippen LogP contribution in [0.4, 0.5) is 11.4 Å². The molecule has 0 radical (unpaired) electrons. The zero-order chi connectivity index (χ0) is 10.7. The normalized spacial score (nSPS) is 9.50. The lowest BCUT2D eigenvalue weighted by Gasteiger charge is -2.06. The van der Waals surface area contributed by atoms with Crippen molar-refractivity contribution in [2.75, 3.05) is 11.1 Å². The highest BCUT2D eigenvalue weighted by Crippen LogP contribution is 2.18. The monoisotopic (exact) mass is 193 g/mol. The minimum atomic E-state index is -1.04. The predicted octanol–water partition coefficient (Wildman–Crippen LogP) is 0.00102. The second kappa shape index (κ2) is 3.78. The van der Waals surface area contributed by atoms with Gasteiger partial charge in [0, 0.05) is 0 Å². The molecule has 0 aromatic heterocycles. The van der Waals surface area contributed by atoms with Crippen molar-refractivity contribution in [1.29, 1.82) is 0 Å². The fraction of sp³-hybridized carbons (Fsp3) is 0.111. The van der Waals surface area contributed by atoms with E-state index in [4.69, 9.17) is 11.5 Å². The van der Waals surface area contributed by atoms with Crippen molar-refractivity contribution in [3.05, 3.63) is 23.8 Å². The number of benzene rings is 1. The number of nitrogen functional groups attached to an aromatic ring is 1. The summed E-state index contributed by atoms with van der Waals surface area (Å²) in [5.41, 5.74) is 12.1. The summed E-state index contributed by atoms with van der Waals surface area (Å²) in [4.78, 5) is 21.4. The molecule has 0 aliphatic carbocycles. The Morgan fingerprint density at radius 1 is 1.36 bits per heavy atom. The van der Waals surface area contributed by atoms with Crippen molar-refractivity contribution in [1.82, 2.24) is 0 Å². The third kappa shape index (κ3) is 2.22. The molecule has 5 heteroatoms. The number of hydrogen-bond donors (Lipinski definition) is 3. The molecule has 0 fully saturated rings. The zero-order valence-corrected chi connectivity index (χ0v) is 7.70. The molecule has 0 heterocycles. The van der Waals surface area contributed by atoms with Crippen molar-refractivity contribution in [2.45, 2.75) is 6.92 Å². The molecule has 5 N–H and O–H groups in total. The van der Waals surface area contributed by atoms with Gasteiger partial charge in [-0.25, -0.2) is 0 Å². The Balaban J connectivity index is 2.87. The molecule has 0 saturated heterocycles. The largest absolute Gasteiger partial charge is 0.397 e. The van der Waals surface area contributed by atoms with E-state index < -0.39 is 11.8 Å². The zero-order valence-electron chi connectivity index (χ0n) is 7.70. The van der Waals surface area contributed by atoms with Crippen LogP contribution in [0.15, 0.2) is 18.2 Å². The molecular weight excluding hydrogens is 182 g/mol. The number of nitrogens with two attached hydrogens (primary N) is 2. The Kier molecular flexibility index (Phi) is 2.71. The molecule has 0 unspecified atom stereocenters. The van der Waals surface area contributed by atoms with Gasteiger partial charge in [0.05, 0.1) is 11.4 Å². The Labute approximate surface area is 81.1 Å². The van der Waals surface area contributed by atoms with Gasteiger partial charge >= 0.3 is 11.8 Å². The van der Waals surface area contributed by atoms with Gasteiger partial charge in [0.25, 0.3) is 0 Å². The maximum Gasteiger partial charge on any atom is 0.313 e. The average Bonchev–Trinajstić information content (AvgIpc) is 2.09. The minimum absolute atomic E-state index is 0.388. The molecule has 1 aromatic carbocycles. The van der Waals surface area contributed by atoms with E-state index in [0.717, 1.165) is 5.56 Å². The fourth-order valence-electron chi connectivity index (χ4n) is 0.980. The number of carbonyl (C=O) groups is 2. The molecule has 2 amide bonds. The van der Waals surface area contributed by atoms with Gasteiger partial charge in [0.2, 0.25) is 0 Å². The van der Waals surface area contributed by atoms with E-state index in [1.54, 1.807) is 18.2 Å². The number of hydrogen-bond acceptors (Lipinski definition) is 3. The quantitative estimate of drug-likeness (QED) is 0.432. The highest BCUT2D eigenvalue weighted by atomic mass is 16.2. The molecule has 0 bridgehead atoms. The van der Waals surface area contributed by atoms with Crippen LogP contribution in [0, 0.1) is 6.92 Å². The number of amides is 2. The van der Waals surface area contributed by atoms with Crippen molar-refractivity contribution in [2.24, 2.45) is 5.73 Å². The first kappa shape index (κ1) is 10.0. The lowest BCUT2D eigenvalue weighted by Crippen LogP contribution is -2.29. The van der Waals surface area contributed by atoms with Crippen LogP contribution < -0.4 is 16.8 Å². The average molecular weight is 193 g/mol. The van der Waals surface area contributed by atoms with Crippen LogP contribution in [-0.4, -0.2) is 11.8 Å². The summed E-state index contributed by atoms with van der Waals surface area (Å²) in [5, 5.41) is 2.30. The Hall–Kier alpha value is -2.04. The summed E-state index contributed by atoms with van der Waals surface area (Å²) in [6.07, 6.45) is 0. The molecule has 0 aliphatic rings. The first-order chi connectivity index (χ1) is 6.50. The molecule has 0 spiro atoms. The number of rotatable bonds is 1. The summed E-state index contributed by atoms with van der Waals surface area (Å²) in [5.74, 6) is -1.91. The molecule has 74 valence electrons. The van der Waals surface area contributed by atoms with Crippen LogP contribution >= 0.6 is 0 Å². The van der Waals surface area contributed by atoms with Crippen molar-refractivity contribution in [3.63, 3.8) is 0 Å². The van der Waals surface area contributed by atoms with Gasteiger partial charge in [0.1, 0.15) is 0 Å². The van der Waals surface area contributed by atoms with E-state index in [1.165, 1.54) is 0 Å². The summed E-state index contributed by atoms with van der Waals surface area (Å²) >= 11 is 0. The third-order valence-electron chi connectivity index (χ3n) is 1.68. The van der Waals surface area contributed by atoms with Crippen LogP contribution in [0.2, 0.25) is 0 Å². The number of carbonyl (C=O) groups excluding carboxylic acids is 2. The van der Waals surface area contributed by atoms with Crippen LogP contribution in [-0.2, 0) is 9.59 Å². The molecule has 14 heavy (non-hydrogen) atoms. The second-order valence-electron chi connectivity index (χ2n) is 2.91. The molecule has 1 aromatic rings. The van der Waals surface area contributed by atoms with E-state index in [9.17, 15) is 9.59 Å². The smallest absolute Gasteiger partial charge is 0.313 e. The summed E-state index contributed by atoms with van der Waals surface area (Å²) in [6.45, 7) is 1.87. The molecule has 5 nitrogen and oxygen atoms in total. The van der Waals surface area contributed by atoms with Crippen LogP contribution in [0.5, 0.6) is 0 Å². The van der Waals surface area contributed by atoms with Gasteiger partial charge < -0.3 is 16.8 Å². The Bertz CT molecular complexity index is 388. The Morgan fingerprint density at radius 2 is 2.00 bits per heavy atom. The van der Waals surface area contributed by atoms with Crippen molar-refractivity contribution >= 4 is 23.2 Å². The summed E-state index contributed by atoms with van der Waals surface area (Å²) < 4.78 is 0. The van der Waals surface area contributed by atoms with E-state index in [0.29, 0.717) is 11.4 Å². The van der Waals surface area contributed by atoms with Crippen molar-refractivity contribution < 1.29 is 9.59 Å².